The van der Waals surface area contributed by atoms with E-state index in [1.54, 1.807) is 0 Å². The molecule has 0 atom stereocenters. The van der Waals surface area contributed by atoms with Gasteiger partial charge in [-0.25, -0.2) is 0 Å². The second-order valence-corrected chi connectivity index (χ2v) is 6.02. The van der Waals surface area contributed by atoms with E-state index < -0.39 is 0 Å². The van der Waals surface area contributed by atoms with Crippen LogP contribution in [0.25, 0.3) is 0 Å². The number of carbonyl (C=O) groups is 1. The molecule has 0 rings (SSSR count). The fourth-order valence-electron chi connectivity index (χ4n) is 1.68. The maximum Gasteiger partial charge on any atom is 0.225 e. The van der Waals surface area contributed by atoms with E-state index in [0.717, 1.165) is 19.6 Å². The fourth-order valence-corrected chi connectivity index (χ4v) is 1.68. The van der Waals surface area contributed by atoms with Gasteiger partial charge in [0.25, 0.3) is 0 Å². The molecule has 108 valence electrons. The first-order valence-electron chi connectivity index (χ1n) is 7.47. The van der Waals surface area contributed by atoms with Crippen LogP contribution in [0.1, 0.15) is 66.2 Å². The average Bonchev–Trinajstić information content (AvgIpc) is 2.30. The number of amides is 1. The van der Waals surface area contributed by atoms with Crippen molar-refractivity contribution in [2.24, 2.45) is 5.41 Å². The lowest BCUT2D eigenvalue weighted by molar-refractivity contribution is -0.128. The van der Waals surface area contributed by atoms with E-state index in [9.17, 15) is 4.79 Å². The summed E-state index contributed by atoms with van der Waals surface area (Å²) >= 11 is 0. The van der Waals surface area contributed by atoms with Crippen molar-refractivity contribution in [3.05, 3.63) is 0 Å². The number of hydrogen-bond donors (Lipinski definition) is 2. The van der Waals surface area contributed by atoms with Gasteiger partial charge in [-0.15, -0.1) is 0 Å². The lowest BCUT2D eigenvalue weighted by Crippen LogP contribution is -2.38. The Balaban J connectivity index is 3.19. The normalized spacial score (nSPS) is 11.6. The number of carbonyl (C=O) groups excluding carboxylic acids is 1. The zero-order valence-corrected chi connectivity index (χ0v) is 12.8. The van der Waals surface area contributed by atoms with Gasteiger partial charge < -0.3 is 10.6 Å². The summed E-state index contributed by atoms with van der Waals surface area (Å²) in [5, 5.41) is 6.31. The highest BCUT2D eigenvalue weighted by atomic mass is 16.2. The van der Waals surface area contributed by atoms with Crippen LogP contribution in [-0.2, 0) is 4.79 Å². The van der Waals surface area contributed by atoms with Crippen molar-refractivity contribution in [1.29, 1.82) is 0 Å². The Morgan fingerprint density at radius 1 is 0.889 bits per heavy atom. The molecule has 0 aliphatic carbocycles. The highest BCUT2D eigenvalue weighted by molar-refractivity contribution is 5.81. The quantitative estimate of drug-likeness (QED) is 0.590. The molecule has 0 aliphatic rings. The standard InChI is InChI=1S/C15H32N2O/c1-5-6-7-8-9-10-11-16-12-13-17-14(18)15(2,3)4/h16H,5-13H2,1-4H3,(H,17,18). The summed E-state index contributed by atoms with van der Waals surface area (Å²) in [4.78, 5) is 11.6. The van der Waals surface area contributed by atoms with E-state index in [1.807, 2.05) is 20.8 Å². The molecule has 0 saturated heterocycles. The van der Waals surface area contributed by atoms with Crippen LogP contribution in [0.15, 0.2) is 0 Å². The van der Waals surface area contributed by atoms with E-state index >= 15 is 0 Å². The summed E-state index contributed by atoms with van der Waals surface area (Å²) < 4.78 is 0. The zero-order chi connectivity index (χ0) is 13.9. The maximum absolute atomic E-state index is 11.6. The summed E-state index contributed by atoms with van der Waals surface area (Å²) in [7, 11) is 0. The van der Waals surface area contributed by atoms with Gasteiger partial charge in [-0.3, -0.25) is 4.79 Å². The number of hydrogen-bond acceptors (Lipinski definition) is 2. The first-order valence-corrected chi connectivity index (χ1v) is 7.47. The van der Waals surface area contributed by atoms with Crippen LogP contribution in [0, 0.1) is 5.41 Å². The minimum atomic E-state index is -0.278. The third kappa shape index (κ3) is 10.6. The minimum Gasteiger partial charge on any atom is -0.354 e. The summed E-state index contributed by atoms with van der Waals surface area (Å²) in [6, 6.07) is 0. The Bertz CT molecular complexity index is 209. The predicted molar refractivity (Wildman–Crippen MR) is 78.7 cm³/mol. The highest BCUT2D eigenvalue weighted by Crippen LogP contribution is 2.11. The van der Waals surface area contributed by atoms with Crippen molar-refractivity contribution in [1.82, 2.24) is 10.6 Å². The zero-order valence-electron chi connectivity index (χ0n) is 12.8. The molecular formula is C15H32N2O. The Hall–Kier alpha value is -0.570. The molecule has 0 aliphatic heterocycles. The molecule has 0 radical (unpaired) electrons. The van der Waals surface area contributed by atoms with Crippen LogP contribution in [-0.4, -0.2) is 25.5 Å². The van der Waals surface area contributed by atoms with Crippen molar-refractivity contribution in [2.45, 2.75) is 66.2 Å². The molecule has 0 fully saturated rings. The maximum atomic E-state index is 11.6. The first-order chi connectivity index (χ1) is 8.48. The predicted octanol–water partition coefficient (Wildman–Crippen LogP) is 3.10. The SMILES string of the molecule is CCCCCCCCNCCNC(=O)C(C)(C)C. The van der Waals surface area contributed by atoms with Gasteiger partial charge in [0.1, 0.15) is 0 Å². The summed E-state index contributed by atoms with van der Waals surface area (Å²) in [5.41, 5.74) is -0.278. The summed E-state index contributed by atoms with van der Waals surface area (Å²) in [6.07, 6.45) is 7.98. The van der Waals surface area contributed by atoms with Crippen LogP contribution in [0.5, 0.6) is 0 Å². The lowest BCUT2D eigenvalue weighted by atomic mass is 9.96. The van der Waals surface area contributed by atoms with E-state index in [4.69, 9.17) is 0 Å². The number of unbranched alkanes of at least 4 members (excludes halogenated alkanes) is 5. The van der Waals surface area contributed by atoms with Crippen molar-refractivity contribution in [3.63, 3.8) is 0 Å². The third-order valence-electron chi connectivity index (χ3n) is 2.98. The smallest absolute Gasteiger partial charge is 0.225 e. The minimum absolute atomic E-state index is 0.129. The summed E-state index contributed by atoms with van der Waals surface area (Å²) in [6.45, 7) is 10.7. The van der Waals surface area contributed by atoms with Crippen LogP contribution in [0.4, 0.5) is 0 Å². The molecule has 0 aromatic carbocycles. The third-order valence-corrected chi connectivity index (χ3v) is 2.98. The van der Waals surface area contributed by atoms with Gasteiger partial charge in [0, 0.05) is 18.5 Å². The molecule has 3 nitrogen and oxygen atoms in total. The topological polar surface area (TPSA) is 41.1 Å². The Morgan fingerprint density at radius 2 is 1.50 bits per heavy atom. The molecule has 0 unspecified atom stereocenters. The first kappa shape index (κ1) is 17.4. The fraction of sp³-hybridized carbons (Fsp3) is 0.933. The monoisotopic (exact) mass is 256 g/mol. The molecular weight excluding hydrogens is 224 g/mol. The van der Waals surface area contributed by atoms with E-state index in [1.165, 1.54) is 38.5 Å². The Labute approximate surface area is 113 Å². The molecule has 18 heavy (non-hydrogen) atoms. The molecule has 1 amide bonds. The van der Waals surface area contributed by atoms with Gasteiger partial charge in [0.2, 0.25) is 5.91 Å². The van der Waals surface area contributed by atoms with Crippen LogP contribution < -0.4 is 10.6 Å². The van der Waals surface area contributed by atoms with Gasteiger partial charge >= 0.3 is 0 Å². The second-order valence-electron chi connectivity index (χ2n) is 6.02. The molecule has 0 spiro atoms. The molecule has 0 saturated carbocycles. The molecule has 0 aromatic rings. The van der Waals surface area contributed by atoms with Crippen molar-refractivity contribution < 1.29 is 4.79 Å². The van der Waals surface area contributed by atoms with Gasteiger partial charge in [-0.05, 0) is 13.0 Å². The van der Waals surface area contributed by atoms with E-state index in [-0.39, 0.29) is 11.3 Å². The van der Waals surface area contributed by atoms with Crippen LogP contribution >= 0.6 is 0 Å². The second kappa shape index (κ2) is 10.4. The summed E-state index contributed by atoms with van der Waals surface area (Å²) in [5.74, 6) is 0.129. The number of nitrogens with one attached hydrogen (secondary N) is 2. The van der Waals surface area contributed by atoms with Crippen molar-refractivity contribution >= 4 is 5.91 Å². The van der Waals surface area contributed by atoms with Crippen molar-refractivity contribution in [3.8, 4) is 0 Å². The highest BCUT2D eigenvalue weighted by Gasteiger charge is 2.19. The molecule has 0 heterocycles. The van der Waals surface area contributed by atoms with Gasteiger partial charge in [-0.1, -0.05) is 59.8 Å². The lowest BCUT2D eigenvalue weighted by Gasteiger charge is -2.17. The Morgan fingerprint density at radius 3 is 2.11 bits per heavy atom. The largest absolute Gasteiger partial charge is 0.354 e. The van der Waals surface area contributed by atoms with Crippen LogP contribution in [0.2, 0.25) is 0 Å². The van der Waals surface area contributed by atoms with Crippen molar-refractivity contribution in [2.75, 3.05) is 19.6 Å². The van der Waals surface area contributed by atoms with Gasteiger partial charge in [0.15, 0.2) is 0 Å². The van der Waals surface area contributed by atoms with Gasteiger partial charge in [0.05, 0.1) is 0 Å². The Kier molecular flexibility index (Phi) is 10.0. The molecule has 2 N–H and O–H groups in total. The molecule has 0 bridgehead atoms. The average molecular weight is 256 g/mol. The van der Waals surface area contributed by atoms with E-state index in [0.29, 0.717) is 0 Å². The van der Waals surface area contributed by atoms with Crippen LogP contribution in [0.3, 0.4) is 0 Å². The van der Waals surface area contributed by atoms with Gasteiger partial charge in [-0.2, -0.15) is 0 Å². The molecule has 0 aromatic heterocycles. The molecule has 3 heteroatoms. The van der Waals surface area contributed by atoms with E-state index in [2.05, 4.69) is 17.6 Å². The number of rotatable bonds is 10.